The lowest BCUT2D eigenvalue weighted by atomic mass is 10.1. The molecule has 130 valence electrons. The molecule has 0 aliphatic heterocycles. The van der Waals surface area contributed by atoms with E-state index in [-0.39, 0.29) is 12.3 Å². The fourth-order valence-corrected chi connectivity index (χ4v) is 2.95. The van der Waals surface area contributed by atoms with Crippen molar-refractivity contribution in [3.63, 3.8) is 0 Å². The van der Waals surface area contributed by atoms with E-state index in [1.165, 1.54) is 6.92 Å². The van der Waals surface area contributed by atoms with Crippen LogP contribution in [0.25, 0.3) is 16.6 Å². The van der Waals surface area contributed by atoms with Crippen LogP contribution in [0.3, 0.4) is 0 Å². The fraction of sp³-hybridized carbons (Fsp3) is 0.333. The molecule has 1 amide bonds. The predicted octanol–water partition coefficient (Wildman–Crippen LogP) is 2.02. The van der Waals surface area contributed by atoms with Gasteiger partial charge in [-0.15, -0.1) is 0 Å². The first-order valence-electron chi connectivity index (χ1n) is 8.14. The average Bonchev–Trinajstić information content (AvgIpc) is 2.93. The zero-order valence-corrected chi connectivity index (χ0v) is 14.4. The van der Waals surface area contributed by atoms with Gasteiger partial charge in [0.15, 0.2) is 5.65 Å². The molecule has 0 fully saturated rings. The highest BCUT2D eigenvalue weighted by molar-refractivity contribution is 5.92. The Morgan fingerprint density at radius 2 is 2.00 bits per heavy atom. The molecular weight excluding hydrogens is 320 g/mol. The molecule has 0 spiro atoms. The number of aryl methyl sites for hydroxylation is 2. The number of aromatic nitrogens is 3. The van der Waals surface area contributed by atoms with Gasteiger partial charge in [-0.1, -0.05) is 12.1 Å². The molecule has 0 aliphatic carbocycles. The number of hydrogen-bond acceptors (Lipinski definition) is 4. The molecule has 7 heteroatoms. The fourth-order valence-electron chi connectivity index (χ4n) is 2.95. The van der Waals surface area contributed by atoms with E-state index >= 15 is 0 Å². The van der Waals surface area contributed by atoms with Crippen LogP contribution in [-0.4, -0.2) is 37.6 Å². The molecule has 1 aromatic carbocycles. The van der Waals surface area contributed by atoms with Crippen LogP contribution in [-0.2, 0) is 16.0 Å². The smallest absolute Gasteiger partial charge is 0.325 e. The van der Waals surface area contributed by atoms with Crippen molar-refractivity contribution in [2.45, 2.75) is 39.7 Å². The molecule has 7 nitrogen and oxygen atoms in total. The van der Waals surface area contributed by atoms with Crippen molar-refractivity contribution in [3.8, 4) is 0 Å². The highest BCUT2D eigenvalue weighted by atomic mass is 16.4. The quantitative estimate of drug-likeness (QED) is 0.741. The molecule has 1 atom stereocenters. The summed E-state index contributed by atoms with van der Waals surface area (Å²) in [6.07, 6.45) is 0.683. The standard InChI is InChI=1S/C18H20N4O3/c1-10-13(8-9-16(23)19-11(2)18(24)25)12(3)22-17(20-10)14-6-4-5-7-15(14)21-22/h4-7,11H,8-9H2,1-3H3,(H,19,23)(H,24,25). The van der Waals surface area contributed by atoms with Crippen LogP contribution in [0.5, 0.6) is 0 Å². The van der Waals surface area contributed by atoms with Crippen molar-refractivity contribution in [2.24, 2.45) is 0 Å². The van der Waals surface area contributed by atoms with Crippen LogP contribution in [0.4, 0.5) is 0 Å². The molecule has 0 bridgehead atoms. The number of carboxylic acids is 1. The van der Waals surface area contributed by atoms with Crippen molar-refractivity contribution in [1.29, 1.82) is 0 Å². The van der Waals surface area contributed by atoms with Crippen molar-refractivity contribution in [2.75, 3.05) is 0 Å². The van der Waals surface area contributed by atoms with Gasteiger partial charge in [-0.3, -0.25) is 9.59 Å². The summed E-state index contributed by atoms with van der Waals surface area (Å²) in [6, 6.07) is 6.93. The maximum absolute atomic E-state index is 11.9. The Morgan fingerprint density at radius 3 is 2.72 bits per heavy atom. The third-order valence-corrected chi connectivity index (χ3v) is 4.37. The highest BCUT2D eigenvalue weighted by Crippen LogP contribution is 2.22. The first kappa shape index (κ1) is 16.9. The highest BCUT2D eigenvalue weighted by Gasteiger charge is 2.17. The number of carbonyl (C=O) groups excluding carboxylic acids is 1. The number of carbonyl (C=O) groups is 2. The molecule has 0 saturated heterocycles. The van der Waals surface area contributed by atoms with Gasteiger partial charge in [-0.25, -0.2) is 9.50 Å². The van der Waals surface area contributed by atoms with Crippen LogP contribution in [0.15, 0.2) is 24.3 Å². The first-order valence-corrected chi connectivity index (χ1v) is 8.14. The van der Waals surface area contributed by atoms with Gasteiger partial charge in [0.2, 0.25) is 5.91 Å². The van der Waals surface area contributed by atoms with E-state index in [0.29, 0.717) is 6.42 Å². The Hall–Kier alpha value is -2.96. The summed E-state index contributed by atoms with van der Waals surface area (Å²) in [5.74, 6) is -1.34. The molecule has 3 rings (SSSR count). The van der Waals surface area contributed by atoms with E-state index in [1.54, 1.807) is 0 Å². The second-order valence-electron chi connectivity index (χ2n) is 6.14. The van der Waals surface area contributed by atoms with Gasteiger partial charge in [0.25, 0.3) is 0 Å². The Labute approximate surface area is 144 Å². The second-order valence-corrected chi connectivity index (χ2v) is 6.14. The molecule has 2 heterocycles. The number of hydrogen-bond donors (Lipinski definition) is 2. The van der Waals surface area contributed by atoms with E-state index < -0.39 is 12.0 Å². The lowest BCUT2D eigenvalue weighted by Gasteiger charge is -2.12. The zero-order chi connectivity index (χ0) is 18.1. The first-order chi connectivity index (χ1) is 11.9. The van der Waals surface area contributed by atoms with Crippen molar-refractivity contribution in [3.05, 3.63) is 41.2 Å². The van der Waals surface area contributed by atoms with E-state index in [4.69, 9.17) is 5.11 Å². The van der Waals surface area contributed by atoms with Gasteiger partial charge in [-0.05, 0) is 44.9 Å². The number of nitrogens with one attached hydrogen (secondary N) is 1. The number of aliphatic carboxylic acids is 1. The minimum absolute atomic E-state index is 0.202. The number of rotatable bonds is 5. The lowest BCUT2D eigenvalue weighted by Crippen LogP contribution is -2.38. The number of nitrogens with zero attached hydrogens (tertiary/aromatic N) is 3. The molecule has 0 aliphatic rings. The minimum atomic E-state index is -1.05. The van der Waals surface area contributed by atoms with E-state index in [0.717, 1.165) is 33.5 Å². The summed E-state index contributed by atoms with van der Waals surface area (Å²) in [5.41, 5.74) is 4.44. The van der Waals surface area contributed by atoms with Gasteiger partial charge >= 0.3 is 5.97 Å². The monoisotopic (exact) mass is 340 g/mol. The van der Waals surface area contributed by atoms with Crippen molar-refractivity contribution >= 4 is 28.4 Å². The number of carboxylic acid groups (broad SMARTS) is 1. The third-order valence-electron chi connectivity index (χ3n) is 4.37. The Bertz CT molecular complexity index is 977. The van der Waals surface area contributed by atoms with Crippen LogP contribution in [0.1, 0.15) is 30.3 Å². The van der Waals surface area contributed by atoms with Gasteiger partial charge in [0.1, 0.15) is 6.04 Å². The predicted molar refractivity (Wildman–Crippen MR) is 93.5 cm³/mol. The summed E-state index contributed by atoms with van der Waals surface area (Å²) in [6.45, 7) is 5.32. The van der Waals surface area contributed by atoms with E-state index in [1.807, 2.05) is 42.6 Å². The zero-order valence-electron chi connectivity index (χ0n) is 14.4. The van der Waals surface area contributed by atoms with E-state index in [9.17, 15) is 9.59 Å². The molecule has 1 unspecified atom stereocenters. The van der Waals surface area contributed by atoms with Crippen molar-refractivity contribution in [1.82, 2.24) is 19.9 Å². The topological polar surface area (TPSA) is 96.6 Å². The van der Waals surface area contributed by atoms with Crippen molar-refractivity contribution < 1.29 is 14.7 Å². The molecule has 25 heavy (non-hydrogen) atoms. The third kappa shape index (κ3) is 3.17. The Balaban J connectivity index is 1.88. The Kier molecular flexibility index (Phi) is 4.39. The molecule has 0 radical (unpaired) electrons. The SMILES string of the molecule is Cc1nc2c3ccccc3nn2c(C)c1CCC(=O)NC(C)C(=O)O. The summed E-state index contributed by atoms with van der Waals surface area (Å²) in [5, 5.41) is 16.9. The van der Waals surface area contributed by atoms with Gasteiger partial charge < -0.3 is 10.4 Å². The molecule has 0 saturated carbocycles. The normalized spacial score (nSPS) is 12.4. The molecule has 2 N–H and O–H groups in total. The second kappa shape index (κ2) is 6.51. The van der Waals surface area contributed by atoms with Gasteiger partial charge in [-0.2, -0.15) is 5.10 Å². The maximum atomic E-state index is 11.9. The van der Waals surface area contributed by atoms with Crippen LogP contribution < -0.4 is 5.32 Å². The number of benzene rings is 1. The van der Waals surface area contributed by atoms with Crippen LogP contribution in [0, 0.1) is 13.8 Å². The largest absolute Gasteiger partial charge is 0.480 e. The molecule has 3 aromatic rings. The number of fused-ring (bicyclic) bond motifs is 3. The molecular formula is C18H20N4O3. The van der Waals surface area contributed by atoms with Gasteiger partial charge in [0, 0.05) is 23.2 Å². The summed E-state index contributed by atoms with van der Waals surface area (Å²) < 4.78 is 1.81. The summed E-state index contributed by atoms with van der Waals surface area (Å²) in [4.78, 5) is 27.4. The minimum Gasteiger partial charge on any atom is -0.480 e. The number of amides is 1. The Morgan fingerprint density at radius 1 is 1.28 bits per heavy atom. The average molecular weight is 340 g/mol. The lowest BCUT2D eigenvalue weighted by molar-refractivity contribution is -0.141. The van der Waals surface area contributed by atoms with Crippen LogP contribution in [0.2, 0.25) is 0 Å². The van der Waals surface area contributed by atoms with Gasteiger partial charge in [0.05, 0.1) is 5.52 Å². The summed E-state index contributed by atoms with van der Waals surface area (Å²) >= 11 is 0. The molecule has 2 aromatic heterocycles. The summed E-state index contributed by atoms with van der Waals surface area (Å²) in [7, 11) is 0. The van der Waals surface area contributed by atoms with Crippen LogP contribution >= 0.6 is 0 Å². The maximum Gasteiger partial charge on any atom is 0.325 e. The van der Waals surface area contributed by atoms with E-state index in [2.05, 4.69) is 15.4 Å².